The van der Waals surface area contributed by atoms with Gasteiger partial charge >= 0.3 is 19.8 Å². The first-order chi connectivity index (χ1) is 26.7. The largest absolute Gasteiger partial charge is 0.472 e. The number of phosphoric ester groups is 1. The van der Waals surface area contributed by atoms with E-state index in [2.05, 4.69) is 13.8 Å². The van der Waals surface area contributed by atoms with Crippen molar-refractivity contribution in [2.24, 2.45) is 0 Å². The lowest BCUT2D eigenvalue weighted by Crippen LogP contribution is -2.29. The number of hydrogen-bond acceptors (Lipinski definition) is 9. The number of carbonyl (C=O) groups is 2. The third-order valence-corrected chi connectivity index (χ3v) is 11.2. The smallest absolute Gasteiger partial charge is 0.462 e. The first-order valence-electron chi connectivity index (χ1n) is 23.0. The van der Waals surface area contributed by atoms with Crippen LogP contribution in [0.5, 0.6) is 0 Å². The molecule has 55 heavy (non-hydrogen) atoms. The molecule has 328 valence electrons. The molecule has 3 N–H and O–H groups in total. The van der Waals surface area contributed by atoms with E-state index >= 15 is 0 Å². The van der Waals surface area contributed by atoms with E-state index in [0.29, 0.717) is 12.8 Å². The average molecular weight is 807 g/mol. The zero-order chi connectivity index (χ0) is 40.5. The summed E-state index contributed by atoms with van der Waals surface area (Å²) in [7, 11) is -4.61. The molecule has 0 saturated carbocycles. The Kier molecular flexibility index (Phi) is 40.4. The minimum atomic E-state index is -4.61. The van der Waals surface area contributed by atoms with Gasteiger partial charge in [-0.1, -0.05) is 206 Å². The molecule has 0 aromatic carbocycles. The molecule has 3 unspecified atom stereocenters. The van der Waals surface area contributed by atoms with Crippen LogP contribution in [0.15, 0.2) is 0 Å². The Bertz CT molecular complexity index is 889. The average Bonchev–Trinajstić information content (AvgIpc) is 3.17. The van der Waals surface area contributed by atoms with Gasteiger partial charge in [0.1, 0.15) is 12.7 Å². The molecule has 0 amide bonds. The summed E-state index contributed by atoms with van der Waals surface area (Å²) in [6.07, 6.45) is 37.8. The summed E-state index contributed by atoms with van der Waals surface area (Å²) in [6, 6.07) is 0. The molecule has 0 heterocycles. The fraction of sp³-hybridized carbons (Fsp3) is 0.955. The van der Waals surface area contributed by atoms with Gasteiger partial charge in [-0.3, -0.25) is 18.6 Å². The zero-order valence-electron chi connectivity index (χ0n) is 35.7. The third kappa shape index (κ3) is 40.9. The normalized spacial score (nSPS) is 13.8. The van der Waals surface area contributed by atoms with Gasteiger partial charge in [-0.05, 0) is 12.8 Å². The topological polar surface area (TPSA) is 149 Å². The molecule has 0 bridgehead atoms. The van der Waals surface area contributed by atoms with Crippen LogP contribution < -0.4 is 0 Å². The van der Waals surface area contributed by atoms with Crippen LogP contribution in [-0.4, -0.2) is 65.7 Å². The predicted octanol–water partition coefficient (Wildman–Crippen LogP) is 12.2. The molecule has 0 aliphatic carbocycles. The monoisotopic (exact) mass is 807 g/mol. The van der Waals surface area contributed by atoms with Crippen LogP contribution in [0.1, 0.15) is 232 Å². The first-order valence-corrected chi connectivity index (χ1v) is 24.5. The molecule has 0 fully saturated rings. The third-order valence-electron chi connectivity index (χ3n) is 10.3. The maximum absolute atomic E-state index is 12.6. The summed E-state index contributed by atoms with van der Waals surface area (Å²) in [5.41, 5.74) is 0. The van der Waals surface area contributed by atoms with E-state index in [9.17, 15) is 24.2 Å². The molecule has 3 atom stereocenters. The van der Waals surface area contributed by atoms with Crippen LogP contribution in [0.2, 0.25) is 0 Å². The van der Waals surface area contributed by atoms with Crippen molar-refractivity contribution in [3.63, 3.8) is 0 Å². The molecule has 0 aliphatic rings. The van der Waals surface area contributed by atoms with Gasteiger partial charge in [-0.15, -0.1) is 0 Å². The number of unbranched alkanes of at least 4 members (excludes halogenated alkanes) is 30. The molecule has 0 rings (SSSR count). The summed E-state index contributed by atoms with van der Waals surface area (Å²) >= 11 is 0. The maximum Gasteiger partial charge on any atom is 0.472 e. The van der Waals surface area contributed by atoms with E-state index in [0.717, 1.165) is 38.5 Å². The van der Waals surface area contributed by atoms with Gasteiger partial charge in [0.25, 0.3) is 0 Å². The van der Waals surface area contributed by atoms with Gasteiger partial charge in [0.05, 0.1) is 19.8 Å². The number of phosphoric acid groups is 1. The quantitative estimate of drug-likeness (QED) is 0.0308. The lowest BCUT2D eigenvalue weighted by Gasteiger charge is -2.20. The van der Waals surface area contributed by atoms with Gasteiger partial charge in [0.15, 0.2) is 6.10 Å². The highest BCUT2D eigenvalue weighted by Gasteiger charge is 2.27. The molecular formula is C44H87O10P. The Morgan fingerprint density at radius 1 is 0.473 bits per heavy atom. The molecular weight excluding hydrogens is 719 g/mol. The Labute approximate surface area is 337 Å². The lowest BCUT2D eigenvalue weighted by molar-refractivity contribution is -0.161. The van der Waals surface area contributed by atoms with Crippen LogP contribution >= 0.6 is 7.82 Å². The van der Waals surface area contributed by atoms with E-state index in [1.54, 1.807) is 0 Å². The van der Waals surface area contributed by atoms with E-state index < -0.39 is 51.8 Å². The second-order valence-corrected chi connectivity index (χ2v) is 17.3. The molecule has 11 heteroatoms. The number of carbonyl (C=O) groups excluding carboxylic acids is 2. The van der Waals surface area contributed by atoms with Crippen LogP contribution in [0.25, 0.3) is 0 Å². The molecule has 0 radical (unpaired) electrons. The fourth-order valence-electron chi connectivity index (χ4n) is 6.70. The second kappa shape index (κ2) is 41.1. The fourth-order valence-corrected chi connectivity index (χ4v) is 7.49. The number of aliphatic hydroxyl groups is 2. The molecule has 0 aromatic heterocycles. The Morgan fingerprint density at radius 2 is 0.782 bits per heavy atom. The van der Waals surface area contributed by atoms with Gasteiger partial charge in [-0.2, -0.15) is 0 Å². The summed E-state index contributed by atoms with van der Waals surface area (Å²) in [6.45, 7) is 2.42. The van der Waals surface area contributed by atoms with Crippen molar-refractivity contribution in [3.05, 3.63) is 0 Å². The van der Waals surface area contributed by atoms with Gasteiger partial charge < -0.3 is 24.6 Å². The lowest BCUT2D eigenvalue weighted by atomic mass is 10.0. The highest BCUT2D eigenvalue weighted by atomic mass is 31.2. The number of hydrogen-bond donors (Lipinski definition) is 3. The molecule has 10 nitrogen and oxygen atoms in total. The van der Waals surface area contributed by atoms with Gasteiger partial charge in [0, 0.05) is 12.8 Å². The summed E-state index contributed by atoms with van der Waals surface area (Å²) in [4.78, 5) is 35.0. The second-order valence-electron chi connectivity index (χ2n) is 15.8. The van der Waals surface area contributed by atoms with E-state index in [-0.39, 0.29) is 19.4 Å². The van der Waals surface area contributed by atoms with Crippen LogP contribution in [-0.2, 0) is 32.7 Å². The number of aliphatic hydroxyl groups excluding tert-OH is 2. The summed E-state index contributed by atoms with van der Waals surface area (Å²) in [5.74, 6) is -0.908. The minimum Gasteiger partial charge on any atom is -0.462 e. The summed E-state index contributed by atoms with van der Waals surface area (Å²) in [5, 5.41) is 18.3. The van der Waals surface area contributed by atoms with Crippen LogP contribution in [0, 0.1) is 0 Å². The highest BCUT2D eigenvalue weighted by Crippen LogP contribution is 2.43. The van der Waals surface area contributed by atoms with E-state index in [1.807, 2.05) is 0 Å². The van der Waals surface area contributed by atoms with Crippen molar-refractivity contribution in [2.75, 3.05) is 26.4 Å². The van der Waals surface area contributed by atoms with Gasteiger partial charge in [-0.25, -0.2) is 4.57 Å². The number of ether oxygens (including phenoxy) is 2. The van der Waals surface area contributed by atoms with E-state index in [1.165, 1.54) is 154 Å². The SMILES string of the molecule is CCCCCCCCCCCCCCCCCCCCCCC(=O)OC(COC(=O)CCCCCCCCCCCCCC)COP(=O)(O)OCC(O)CO. The van der Waals surface area contributed by atoms with Crippen molar-refractivity contribution < 1.29 is 47.8 Å². The maximum atomic E-state index is 12.6. The standard InChI is InChI=1S/C44H87O10P/c1-3-5-7-9-11-13-15-17-18-19-20-21-22-23-24-26-28-30-32-34-36-44(48)54-42(40-53-55(49,50)52-38-41(46)37-45)39-51-43(47)35-33-31-29-27-25-16-14-12-10-8-6-4-2/h41-42,45-46H,3-40H2,1-2H3,(H,49,50). The van der Waals surface area contributed by atoms with Gasteiger partial charge in [0.2, 0.25) is 0 Å². The predicted molar refractivity (Wildman–Crippen MR) is 224 cm³/mol. The van der Waals surface area contributed by atoms with Crippen LogP contribution in [0.3, 0.4) is 0 Å². The molecule has 0 spiro atoms. The van der Waals surface area contributed by atoms with Crippen LogP contribution in [0.4, 0.5) is 0 Å². The zero-order valence-corrected chi connectivity index (χ0v) is 36.6. The molecule has 0 aromatic rings. The highest BCUT2D eigenvalue weighted by molar-refractivity contribution is 7.47. The molecule has 0 saturated heterocycles. The minimum absolute atomic E-state index is 0.193. The number of esters is 2. The molecule has 0 aliphatic heterocycles. The summed E-state index contributed by atoms with van der Waals surface area (Å²) < 4.78 is 32.7. The first kappa shape index (κ1) is 54.0. The number of rotatable bonds is 44. The van der Waals surface area contributed by atoms with Crippen molar-refractivity contribution in [1.29, 1.82) is 0 Å². The Balaban J connectivity index is 4.17. The van der Waals surface area contributed by atoms with Crippen molar-refractivity contribution in [2.45, 2.75) is 244 Å². The van der Waals surface area contributed by atoms with Crippen molar-refractivity contribution in [3.8, 4) is 0 Å². The van der Waals surface area contributed by atoms with E-state index in [4.69, 9.17) is 23.6 Å². The Hall–Kier alpha value is -1.03. The van der Waals surface area contributed by atoms with Crippen molar-refractivity contribution in [1.82, 2.24) is 0 Å². The Morgan fingerprint density at radius 3 is 1.13 bits per heavy atom. The van der Waals surface area contributed by atoms with Crippen molar-refractivity contribution >= 4 is 19.8 Å².